The highest BCUT2D eigenvalue weighted by atomic mass is 15.2. The lowest BCUT2D eigenvalue weighted by molar-refractivity contribution is 0.327. The van der Waals surface area contributed by atoms with Gasteiger partial charge in [-0.05, 0) is 46.2 Å². The van der Waals surface area contributed by atoms with Crippen molar-refractivity contribution in [2.75, 3.05) is 30.7 Å². The van der Waals surface area contributed by atoms with Crippen molar-refractivity contribution >= 4 is 11.6 Å². The highest BCUT2D eigenvalue weighted by molar-refractivity contribution is 5.55. The van der Waals surface area contributed by atoms with Crippen LogP contribution in [0.5, 0.6) is 0 Å². The maximum absolute atomic E-state index is 5.99. The Hall–Kier alpha value is -1.36. The molecule has 1 aliphatic rings. The molecule has 0 saturated carbocycles. The molecule has 1 saturated heterocycles. The van der Waals surface area contributed by atoms with Gasteiger partial charge in [-0.2, -0.15) is 0 Å². The van der Waals surface area contributed by atoms with Gasteiger partial charge in [-0.15, -0.1) is 0 Å². The Balaban J connectivity index is 2.02. The summed E-state index contributed by atoms with van der Waals surface area (Å²) < 4.78 is 0. The second-order valence-electron chi connectivity index (χ2n) is 5.80. The molecule has 0 spiro atoms. The Morgan fingerprint density at radius 3 is 2.65 bits per heavy atom. The summed E-state index contributed by atoms with van der Waals surface area (Å²) in [7, 11) is 0. The van der Waals surface area contributed by atoms with Crippen LogP contribution in [-0.2, 0) is 6.42 Å². The van der Waals surface area contributed by atoms with Gasteiger partial charge in [0.05, 0.1) is 0 Å². The standard InChI is InChI=1S/C15H27N5/c1-4-7-13-18-14(16)12(3)15(19-13)17-11(2)10-20-8-5-6-9-20/h11H,4-10H2,1-3H3,(H3,16,17,18,19). The third-order valence-corrected chi connectivity index (χ3v) is 3.82. The van der Waals surface area contributed by atoms with E-state index in [0.29, 0.717) is 11.9 Å². The normalized spacial score (nSPS) is 17.4. The maximum atomic E-state index is 5.99. The predicted molar refractivity (Wildman–Crippen MR) is 83.9 cm³/mol. The average molecular weight is 277 g/mol. The minimum atomic E-state index is 0.371. The Labute approximate surface area is 122 Å². The van der Waals surface area contributed by atoms with E-state index in [2.05, 4.69) is 34.0 Å². The first-order valence-corrected chi connectivity index (χ1v) is 7.72. The fourth-order valence-electron chi connectivity index (χ4n) is 2.69. The molecule has 1 aromatic heterocycles. The van der Waals surface area contributed by atoms with Gasteiger partial charge in [-0.3, -0.25) is 0 Å². The molecule has 0 aliphatic carbocycles. The number of nitrogens with one attached hydrogen (secondary N) is 1. The molecule has 1 atom stereocenters. The Kier molecular flexibility index (Phi) is 5.17. The first kappa shape index (κ1) is 15.0. The zero-order valence-corrected chi connectivity index (χ0v) is 12.9. The Morgan fingerprint density at radius 2 is 2.00 bits per heavy atom. The van der Waals surface area contributed by atoms with E-state index in [4.69, 9.17) is 5.73 Å². The molecule has 5 heteroatoms. The quantitative estimate of drug-likeness (QED) is 0.834. The Bertz CT molecular complexity index is 440. The van der Waals surface area contributed by atoms with Crippen molar-refractivity contribution in [2.24, 2.45) is 0 Å². The van der Waals surface area contributed by atoms with E-state index in [0.717, 1.165) is 36.6 Å². The monoisotopic (exact) mass is 277 g/mol. The SMILES string of the molecule is CCCc1nc(N)c(C)c(NC(C)CN2CCCC2)n1. The molecule has 3 N–H and O–H groups in total. The first-order chi connectivity index (χ1) is 9.60. The molecule has 20 heavy (non-hydrogen) atoms. The summed E-state index contributed by atoms with van der Waals surface area (Å²) in [5.41, 5.74) is 6.95. The van der Waals surface area contributed by atoms with Gasteiger partial charge in [0.15, 0.2) is 0 Å². The summed E-state index contributed by atoms with van der Waals surface area (Å²) in [6, 6.07) is 0.371. The second kappa shape index (κ2) is 6.88. The van der Waals surface area contributed by atoms with Crippen molar-refractivity contribution in [1.82, 2.24) is 14.9 Å². The van der Waals surface area contributed by atoms with Gasteiger partial charge < -0.3 is 16.0 Å². The molecule has 0 aromatic carbocycles. The largest absolute Gasteiger partial charge is 0.383 e. The van der Waals surface area contributed by atoms with Crippen LogP contribution in [0.2, 0.25) is 0 Å². The van der Waals surface area contributed by atoms with Crippen molar-refractivity contribution in [3.63, 3.8) is 0 Å². The zero-order valence-electron chi connectivity index (χ0n) is 12.9. The fourth-order valence-corrected chi connectivity index (χ4v) is 2.69. The van der Waals surface area contributed by atoms with E-state index < -0.39 is 0 Å². The molecule has 1 aromatic rings. The van der Waals surface area contributed by atoms with Gasteiger partial charge in [0.1, 0.15) is 17.5 Å². The third-order valence-electron chi connectivity index (χ3n) is 3.82. The molecule has 5 nitrogen and oxygen atoms in total. The fraction of sp³-hybridized carbons (Fsp3) is 0.733. The van der Waals surface area contributed by atoms with Gasteiger partial charge in [-0.25, -0.2) is 9.97 Å². The van der Waals surface area contributed by atoms with Gasteiger partial charge in [0.2, 0.25) is 0 Å². The minimum absolute atomic E-state index is 0.371. The van der Waals surface area contributed by atoms with Crippen molar-refractivity contribution < 1.29 is 0 Å². The molecule has 1 aliphatic heterocycles. The number of aryl methyl sites for hydroxylation is 1. The lowest BCUT2D eigenvalue weighted by Crippen LogP contribution is -2.33. The summed E-state index contributed by atoms with van der Waals surface area (Å²) in [5, 5.41) is 3.50. The number of aromatic nitrogens is 2. The second-order valence-corrected chi connectivity index (χ2v) is 5.80. The summed E-state index contributed by atoms with van der Waals surface area (Å²) in [6.07, 6.45) is 4.56. The van der Waals surface area contributed by atoms with Crippen molar-refractivity contribution in [1.29, 1.82) is 0 Å². The van der Waals surface area contributed by atoms with Crippen LogP contribution in [-0.4, -0.2) is 40.5 Å². The van der Waals surface area contributed by atoms with Crippen LogP contribution in [0.15, 0.2) is 0 Å². The number of nitrogens with zero attached hydrogens (tertiary/aromatic N) is 3. The van der Waals surface area contributed by atoms with Crippen molar-refractivity contribution in [3.8, 4) is 0 Å². The zero-order chi connectivity index (χ0) is 14.5. The van der Waals surface area contributed by atoms with Crippen LogP contribution in [0.3, 0.4) is 0 Å². The average Bonchev–Trinajstić information content (AvgIpc) is 2.88. The van der Waals surface area contributed by atoms with Gasteiger partial charge in [0.25, 0.3) is 0 Å². The van der Waals surface area contributed by atoms with Crippen LogP contribution in [0, 0.1) is 6.92 Å². The summed E-state index contributed by atoms with van der Waals surface area (Å²) >= 11 is 0. The molecule has 1 unspecified atom stereocenters. The van der Waals surface area contributed by atoms with Crippen molar-refractivity contribution in [3.05, 3.63) is 11.4 Å². The number of hydrogen-bond acceptors (Lipinski definition) is 5. The molecule has 2 heterocycles. The maximum Gasteiger partial charge on any atom is 0.135 e. The summed E-state index contributed by atoms with van der Waals surface area (Å²) in [4.78, 5) is 11.5. The molecule has 0 amide bonds. The van der Waals surface area contributed by atoms with Gasteiger partial charge in [-0.1, -0.05) is 6.92 Å². The molecular weight excluding hydrogens is 250 g/mol. The molecule has 0 radical (unpaired) electrons. The number of rotatable bonds is 6. The topological polar surface area (TPSA) is 67.1 Å². The Morgan fingerprint density at radius 1 is 1.30 bits per heavy atom. The number of nitrogen functional groups attached to an aromatic ring is 1. The van der Waals surface area contributed by atoms with Crippen LogP contribution in [0.25, 0.3) is 0 Å². The lowest BCUT2D eigenvalue weighted by Gasteiger charge is -2.22. The third kappa shape index (κ3) is 3.82. The molecule has 112 valence electrons. The first-order valence-electron chi connectivity index (χ1n) is 7.72. The van der Waals surface area contributed by atoms with Gasteiger partial charge in [0, 0.05) is 24.6 Å². The minimum Gasteiger partial charge on any atom is -0.383 e. The number of nitrogens with two attached hydrogens (primary N) is 1. The summed E-state index contributed by atoms with van der Waals surface area (Å²) in [5.74, 6) is 2.33. The number of likely N-dealkylation sites (tertiary alicyclic amines) is 1. The van der Waals surface area contributed by atoms with E-state index in [9.17, 15) is 0 Å². The van der Waals surface area contributed by atoms with Crippen LogP contribution < -0.4 is 11.1 Å². The van der Waals surface area contributed by atoms with Crippen LogP contribution in [0.1, 0.15) is 44.5 Å². The van der Waals surface area contributed by atoms with Crippen LogP contribution >= 0.6 is 0 Å². The van der Waals surface area contributed by atoms with E-state index in [1.54, 1.807) is 0 Å². The van der Waals surface area contributed by atoms with E-state index >= 15 is 0 Å². The highest BCUT2D eigenvalue weighted by Gasteiger charge is 2.16. The van der Waals surface area contributed by atoms with Crippen molar-refractivity contribution in [2.45, 2.75) is 52.5 Å². The number of anilines is 2. The van der Waals surface area contributed by atoms with E-state index in [1.807, 2.05) is 6.92 Å². The smallest absolute Gasteiger partial charge is 0.135 e. The molecular formula is C15H27N5. The molecule has 0 bridgehead atoms. The highest BCUT2D eigenvalue weighted by Crippen LogP contribution is 2.19. The molecule has 2 rings (SSSR count). The van der Waals surface area contributed by atoms with Gasteiger partial charge >= 0.3 is 0 Å². The lowest BCUT2D eigenvalue weighted by atomic mass is 10.2. The van der Waals surface area contributed by atoms with E-state index in [-0.39, 0.29) is 0 Å². The number of hydrogen-bond donors (Lipinski definition) is 2. The predicted octanol–water partition coefficient (Wildman–Crippen LogP) is 2.22. The molecule has 1 fully saturated rings. The van der Waals surface area contributed by atoms with E-state index in [1.165, 1.54) is 25.9 Å². The van der Waals surface area contributed by atoms with Crippen LogP contribution in [0.4, 0.5) is 11.6 Å². The summed E-state index contributed by atoms with van der Waals surface area (Å²) in [6.45, 7) is 9.82.